The lowest BCUT2D eigenvalue weighted by Crippen LogP contribution is -2.30. The van der Waals surface area contributed by atoms with Crippen molar-refractivity contribution in [3.05, 3.63) is 0 Å². The van der Waals surface area contributed by atoms with Crippen LogP contribution in [0.15, 0.2) is 0 Å². The average molecular weight is 906 g/mol. The van der Waals surface area contributed by atoms with Crippen molar-refractivity contribution in [3.63, 3.8) is 0 Å². The Labute approximate surface area is 399 Å². The first kappa shape index (κ1) is 62.4. The van der Waals surface area contributed by atoms with E-state index in [-0.39, 0.29) is 31.1 Å². The van der Waals surface area contributed by atoms with E-state index in [1.807, 2.05) is 0 Å². The SMILES string of the molecule is CCCCCCCCCCCCCCCCC(=O)OC[C@H](COC(=O)CCCCCCCCCCCCCCC(C)C)OC(=O)CCCCCCCCCCCCCCCCC(C)C. The van der Waals surface area contributed by atoms with Gasteiger partial charge in [0.05, 0.1) is 0 Å². The van der Waals surface area contributed by atoms with Crippen LogP contribution in [0, 0.1) is 11.8 Å². The summed E-state index contributed by atoms with van der Waals surface area (Å²) in [6.45, 7) is 11.4. The molecule has 0 amide bonds. The number of rotatable bonds is 52. The van der Waals surface area contributed by atoms with Gasteiger partial charge in [0.25, 0.3) is 0 Å². The molecule has 0 unspecified atom stereocenters. The molecule has 0 aliphatic heterocycles. The molecule has 380 valence electrons. The van der Waals surface area contributed by atoms with Crippen molar-refractivity contribution in [2.75, 3.05) is 13.2 Å². The summed E-state index contributed by atoms with van der Waals surface area (Å²) in [5.74, 6) is 0.838. The van der Waals surface area contributed by atoms with Crippen LogP contribution in [0.4, 0.5) is 0 Å². The molecule has 64 heavy (non-hydrogen) atoms. The molecule has 0 aromatic carbocycles. The Balaban J connectivity index is 4.30. The van der Waals surface area contributed by atoms with Crippen molar-refractivity contribution < 1.29 is 28.6 Å². The molecule has 0 rings (SSSR count). The van der Waals surface area contributed by atoms with Gasteiger partial charge in [0.2, 0.25) is 0 Å². The first-order valence-corrected chi connectivity index (χ1v) is 28.7. The number of carbonyl (C=O) groups is 3. The highest BCUT2D eigenvalue weighted by Crippen LogP contribution is 2.18. The minimum atomic E-state index is -0.762. The maximum absolute atomic E-state index is 12.8. The van der Waals surface area contributed by atoms with Gasteiger partial charge in [-0.3, -0.25) is 14.4 Å². The monoisotopic (exact) mass is 905 g/mol. The molecule has 0 heterocycles. The molecule has 0 aliphatic carbocycles. The van der Waals surface area contributed by atoms with Gasteiger partial charge in [-0.15, -0.1) is 0 Å². The molecule has 0 saturated carbocycles. The first-order chi connectivity index (χ1) is 31.2. The van der Waals surface area contributed by atoms with Crippen molar-refractivity contribution in [1.29, 1.82) is 0 Å². The predicted molar refractivity (Wildman–Crippen MR) is 275 cm³/mol. The van der Waals surface area contributed by atoms with E-state index in [1.54, 1.807) is 0 Å². The summed E-state index contributed by atoms with van der Waals surface area (Å²) in [7, 11) is 0. The minimum absolute atomic E-state index is 0.0626. The maximum atomic E-state index is 12.8. The zero-order chi connectivity index (χ0) is 46.8. The first-order valence-electron chi connectivity index (χ1n) is 28.7. The van der Waals surface area contributed by atoms with Gasteiger partial charge in [0.1, 0.15) is 13.2 Å². The van der Waals surface area contributed by atoms with Crippen LogP contribution in [0.25, 0.3) is 0 Å². The second-order valence-electron chi connectivity index (χ2n) is 20.9. The second-order valence-corrected chi connectivity index (χ2v) is 20.9. The molecule has 0 aromatic heterocycles. The van der Waals surface area contributed by atoms with Crippen LogP contribution in [-0.4, -0.2) is 37.2 Å². The van der Waals surface area contributed by atoms with Crippen LogP contribution < -0.4 is 0 Å². The van der Waals surface area contributed by atoms with Crippen molar-refractivity contribution in [2.45, 2.75) is 330 Å². The molecular formula is C58H112O6. The van der Waals surface area contributed by atoms with Gasteiger partial charge in [-0.2, -0.15) is 0 Å². The lowest BCUT2D eigenvalue weighted by atomic mass is 10.0. The summed E-state index contributed by atoms with van der Waals surface area (Å²) in [5, 5.41) is 0. The number of hydrogen-bond donors (Lipinski definition) is 0. The highest BCUT2D eigenvalue weighted by atomic mass is 16.6. The summed E-state index contributed by atoms with van der Waals surface area (Å²) < 4.78 is 16.9. The van der Waals surface area contributed by atoms with E-state index in [1.165, 1.54) is 212 Å². The van der Waals surface area contributed by atoms with Gasteiger partial charge in [-0.25, -0.2) is 0 Å². The fourth-order valence-corrected chi connectivity index (χ4v) is 8.87. The maximum Gasteiger partial charge on any atom is 0.306 e. The van der Waals surface area contributed by atoms with Gasteiger partial charge in [-0.1, -0.05) is 285 Å². The lowest BCUT2D eigenvalue weighted by Gasteiger charge is -2.18. The quantitative estimate of drug-likeness (QED) is 0.0344. The van der Waals surface area contributed by atoms with E-state index < -0.39 is 6.10 Å². The van der Waals surface area contributed by atoms with Gasteiger partial charge in [0, 0.05) is 19.3 Å². The number of hydrogen-bond acceptors (Lipinski definition) is 6. The molecule has 0 saturated heterocycles. The Morgan fingerprint density at radius 1 is 0.297 bits per heavy atom. The molecular weight excluding hydrogens is 793 g/mol. The standard InChI is InChI=1S/C58H112O6/c1-6-7-8-9-10-11-12-13-17-23-28-33-38-43-48-56(59)62-51-55(52-63-57(60)49-44-39-34-29-24-20-19-22-27-32-37-42-47-54(4)5)64-58(61)50-45-40-35-30-25-18-15-14-16-21-26-31-36-41-46-53(2)3/h53-55H,6-52H2,1-5H3/t55-/m1/s1. The Hall–Kier alpha value is -1.59. The van der Waals surface area contributed by atoms with Gasteiger partial charge < -0.3 is 14.2 Å². The average Bonchev–Trinajstić information content (AvgIpc) is 3.27. The third-order valence-electron chi connectivity index (χ3n) is 13.2. The highest BCUT2D eigenvalue weighted by Gasteiger charge is 2.19. The molecule has 0 spiro atoms. The van der Waals surface area contributed by atoms with E-state index in [9.17, 15) is 14.4 Å². The lowest BCUT2D eigenvalue weighted by molar-refractivity contribution is -0.167. The van der Waals surface area contributed by atoms with Crippen LogP contribution in [-0.2, 0) is 28.6 Å². The summed E-state index contributed by atoms with van der Waals surface area (Å²) >= 11 is 0. The molecule has 6 nitrogen and oxygen atoms in total. The van der Waals surface area contributed by atoms with Crippen molar-refractivity contribution in [2.24, 2.45) is 11.8 Å². The topological polar surface area (TPSA) is 78.9 Å². The van der Waals surface area contributed by atoms with E-state index in [0.29, 0.717) is 19.3 Å². The van der Waals surface area contributed by atoms with Crippen LogP contribution >= 0.6 is 0 Å². The molecule has 0 radical (unpaired) electrons. The molecule has 0 fully saturated rings. The van der Waals surface area contributed by atoms with Crippen molar-refractivity contribution >= 4 is 17.9 Å². The minimum Gasteiger partial charge on any atom is -0.462 e. The molecule has 0 N–H and O–H groups in total. The number of carbonyl (C=O) groups excluding carboxylic acids is 3. The van der Waals surface area contributed by atoms with Gasteiger partial charge in [0.15, 0.2) is 6.10 Å². The van der Waals surface area contributed by atoms with E-state index in [4.69, 9.17) is 14.2 Å². The zero-order valence-corrected chi connectivity index (χ0v) is 43.9. The van der Waals surface area contributed by atoms with Gasteiger partial charge in [-0.05, 0) is 31.1 Å². The van der Waals surface area contributed by atoms with Gasteiger partial charge >= 0.3 is 17.9 Å². The highest BCUT2D eigenvalue weighted by molar-refractivity contribution is 5.71. The Bertz CT molecular complexity index is 978. The Morgan fingerprint density at radius 3 is 0.766 bits per heavy atom. The third kappa shape index (κ3) is 51.4. The predicted octanol–water partition coefficient (Wildman–Crippen LogP) is 18.9. The van der Waals surface area contributed by atoms with E-state index in [0.717, 1.165) is 69.6 Å². The van der Waals surface area contributed by atoms with Crippen molar-refractivity contribution in [3.8, 4) is 0 Å². The molecule has 1 atom stereocenters. The van der Waals surface area contributed by atoms with E-state index in [2.05, 4.69) is 34.6 Å². The molecule has 0 bridgehead atoms. The Morgan fingerprint density at radius 2 is 0.516 bits per heavy atom. The third-order valence-corrected chi connectivity index (χ3v) is 13.2. The smallest absolute Gasteiger partial charge is 0.306 e. The summed E-state index contributed by atoms with van der Waals surface area (Å²) in [6.07, 6.45) is 53.7. The normalized spacial score (nSPS) is 12.0. The van der Waals surface area contributed by atoms with Crippen LogP contribution in [0.2, 0.25) is 0 Å². The summed E-state index contributed by atoms with van der Waals surface area (Å²) in [6, 6.07) is 0. The second kappa shape index (κ2) is 50.8. The fraction of sp³-hybridized carbons (Fsp3) is 0.948. The van der Waals surface area contributed by atoms with Crippen LogP contribution in [0.3, 0.4) is 0 Å². The number of ether oxygens (including phenoxy) is 3. The van der Waals surface area contributed by atoms with Crippen molar-refractivity contribution in [1.82, 2.24) is 0 Å². The van der Waals surface area contributed by atoms with E-state index >= 15 is 0 Å². The summed E-state index contributed by atoms with van der Waals surface area (Å²) in [5.41, 5.74) is 0. The summed E-state index contributed by atoms with van der Waals surface area (Å²) in [4.78, 5) is 38.1. The Kier molecular flexibility index (Phi) is 49.6. The fourth-order valence-electron chi connectivity index (χ4n) is 8.87. The largest absolute Gasteiger partial charge is 0.462 e. The van der Waals surface area contributed by atoms with Crippen LogP contribution in [0.5, 0.6) is 0 Å². The zero-order valence-electron chi connectivity index (χ0n) is 43.9. The molecule has 0 aromatic rings. The molecule has 6 heteroatoms. The van der Waals surface area contributed by atoms with Crippen LogP contribution in [0.1, 0.15) is 324 Å². The molecule has 0 aliphatic rings. The number of esters is 3. The number of unbranched alkanes of at least 4 members (excludes halogenated alkanes) is 37.